The summed E-state index contributed by atoms with van der Waals surface area (Å²) in [5, 5.41) is 6.32. The molecule has 3 nitrogen and oxygen atoms in total. The van der Waals surface area contributed by atoms with Crippen LogP contribution in [-0.4, -0.2) is 24.0 Å². The summed E-state index contributed by atoms with van der Waals surface area (Å²) in [6.45, 7) is 4.89. The second kappa shape index (κ2) is 4.26. The molecule has 1 aromatic rings. The summed E-state index contributed by atoms with van der Waals surface area (Å²) in [7, 11) is 0. The van der Waals surface area contributed by atoms with Crippen molar-refractivity contribution in [2.45, 2.75) is 31.8 Å². The maximum Gasteiger partial charge on any atom is 0.237 e. The number of rotatable bonds is 2. The number of hydrogen-bond acceptors (Lipinski definition) is 2. The van der Waals surface area contributed by atoms with Crippen LogP contribution in [0.2, 0.25) is 0 Å². The number of benzene rings is 1. The second-order valence-corrected chi connectivity index (χ2v) is 4.99. The largest absolute Gasteiger partial charge is 0.353 e. The normalized spacial score (nSPS) is 23.9. The molecule has 0 saturated carbocycles. The molecule has 0 spiro atoms. The van der Waals surface area contributed by atoms with Crippen molar-refractivity contribution < 1.29 is 4.79 Å². The van der Waals surface area contributed by atoms with Gasteiger partial charge in [0.05, 0.1) is 6.04 Å². The summed E-state index contributed by atoms with van der Waals surface area (Å²) >= 11 is 0. The van der Waals surface area contributed by atoms with Gasteiger partial charge in [0.1, 0.15) is 0 Å². The third kappa shape index (κ3) is 2.61. The second-order valence-electron chi connectivity index (χ2n) is 4.99. The lowest BCUT2D eigenvalue weighted by molar-refractivity contribution is -0.125. The highest BCUT2D eigenvalue weighted by Crippen LogP contribution is 2.11. The Morgan fingerprint density at radius 2 is 2.00 bits per heavy atom. The Labute approximate surface area is 96.2 Å². The van der Waals surface area contributed by atoms with E-state index in [0.29, 0.717) is 6.54 Å². The zero-order valence-electron chi connectivity index (χ0n) is 9.79. The Morgan fingerprint density at radius 1 is 1.31 bits per heavy atom. The summed E-state index contributed by atoms with van der Waals surface area (Å²) in [4.78, 5) is 11.7. The minimum atomic E-state index is -0.119. The highest BCUT2D eigenvalue weighted by Gasteiger charge is 2.32. The fourth-order valence-electron chi connectivity index (χ4n) is 2.01. The molecule has 2 rings (SSSR count). The van der Waals surface area contributed by atoms with E-state index in [9.17, 15) is 4.79 Å². The fourth-order valence-corrected chi connectivity index (χ4v) is 2.01. The van der Waals surface area contributed by atoms with Crippen LogP contribution in [0.25, 0.3) is 0 Å². The number of hydrogen-bond donors (Lipinski definition) is 2. The van der Waals surface area contributed by atoms with Crippen LogP contribution in [-0.2, 0) is 11.2 Å². The first-order valence-electron chi connectivity index (χ1n) is 5.66. The fraction of sp³-hybridized carbons (Fsp3) is 0.462. The lowest BCUT2D eigenvalue weighted by Gasteiger charge is -2.36. The van der Waals surface area contributed by atoms with E-state index in [1.165, 1.54) is 5.56 Å². The Hall–Kier alpha value is -1.35. The minimum absolute atomic E-state index is 0.0205. The van der Waals surface area contributed by atoms with E-state index in [1.807, 2.05) is 18.2 Å². The molecule has 16 heavy (non-hydrogen) atoms. The number of piperazine rings is 1. The van der Waals surface area contributed by atoms with Gasteiger partial charge in [-0.05, 0) is 25.8 Å². The van der Waals surface area contributed by atoms with Gasteiger partial charge in [-0.3, -0.25) is 10.1 Å². The maximum absolute atomic E-state index is 11.7. The molecule has 86 valence electrons. The highest BCUT2D eigenvalue weighted by atomic mass is 16.2. The van der Waals surface area contributed by atoms with Crippen molar-refractivity contribution in [2.24, 2.45) is 0 Å². The van der Waals surface area contributed by atoms with Gasteiger partial charge in [-0.15, -0.1) is 0 Å². The van der Waals surface area contributed by atoms with E-state index in [-0.39, 0.29) is 17.5 Å². The van der Waals surface area contributed by atoms with Crippen molar-refractivity contribution in [3.63, 3.8) is 0 Å². The molecule has 1 fully saturated rings. The van der Waals surface area contributed by atoms with Crippen LogP contribution in [0.15, 0.2) is 30.3 Å². The van der Waals surface area contributed by atoms with E-state index < -0.39 is 0 Å². The standard InChI is InChI=1S/C13H18N2O/c1-13(2)9-14-12(16)11(15-13)8-10-6-4-3-5-7-10/h3-7,11,15H,8-9H2,1-2H3,(H,14,16). The summed E-state index contributed by atoms with van der Waals surface area (Å²) in [5.74, 6) is 0.100. The highest BCUT2D eigenvalue weighted by molar-refractivity contribution is 5.83. The first-order valence-corrected chi connectivity index (χ1v) is 5.66. The van der Waals surface area contributed by atoms with E-state index >= 15 is 0 Å². The quantitative estimate of drug-likeness (QED) is 0.780. The molecule has 0 bridgehead atoms. The summed E-state index contributed by atoms with van der Waals surface area (Å²) < 4.78 is 0. The molecule has 3 heteroatoms. The van der Waals surface area contributed by atoms with Crippen LogP contribution in [0.1, 0.15) is 19.4 Å². The van der Waals surface area contributed by atoms with Crippen molar-refractivity contribution in [1.29, 1.82) is 0 Å². The number of nitrogens with one attached hydrogen (secondary N) is 2. The lowest BCUT2D eigenvalue weighted by Crippen LogP contribution is -2.64. The van der Waals surface area contributed by atoms with Crippen LogP contribution >= 0.6 is 0 Å². The minimum Gasteiger partial charge on any atom is -0.353 e. The summed E-state index contributed by atoms with van der Waals surface area (Å²) in [6.07, 6.45) is 0.746. The van der Waals surface area contributed by atoms with Gasteiger partial charge in [-0.1, -0.05) is 30.3 Å². The van der Waals surface area contributed by atoms with Crippen LogP contribution in [0.4, 0.5) is 0 Å². The monoisotopic (exact) mass is 218 g/mol. The molecule has 1 aliphatic heterocycles. The Morgan fingerprint density at radius 3 is 2.69 bits per heavy atom. The van der Waals surface area contributed by atoms with Gasteiger partial charge in [0, 0.05) is 12.1 Å². The van der Waals surface area contributed by atoms with Crippen molar-refractivity contribution in [3.05, 3.63) is 35.9 Å². The number of carbonyl (C=O) groups is 1. The Bertz CT molecular complexity index is 373. The van der Waals surface area contributed by atoms with Crippen molar-refractivity contribution in [3.8, 4) is 0 Å². The zero-order chi connectivity index (χ0) is 11.6. The summed E-state index contributed by atoms with van der Waals surface area (Å²) in [6, 6.07) is 9.98. The van der Waals surface area contributed by atoms with Gasteiger partial charge in [0.15, 0.2) is 0 Å². The predicted octanol–water partition coefficient (Wildman–Crippen LogP) is 1.10. The number of amides is 1. The molecule has 1 amide bonds. The van der Waals surface area contributed by atoms with Crippen molar-refractivity contribution >= 4 is 5.91 Å². The molecule has 1 saturated heterocycles. The molecule has 0 aliphatic carbocycles. The molecule has 1 aromatic carbocycles. The summed E-state index contributed by atoms with van der Waals surface area (Å²) in [5.41, 5.74) is 1.17. The van der Waals surface area contributed by atoms with Crippen molar-refractivity contribution in [2.75, 3.05) is 6.54 Å². The molecule has 2 N–H and O–H groups in total. The predicted molar refractivity (Wildman–Crippen MR) is 64.2 cm³/mol. The van der Waals surface area contributed by atoms with Gasteiger partial charge >= 0.3 is 0 Å². The molecule has 1 atom stereocenters. The SMILES string of the molecule is CC1(C)CNC(=O)C(Cc2ccccc2)N1. The third-order valence-electron chi connectivity index (χ3n) is 2.87. The van der Waals surface area contributed by atoms with Crippen LogP contribution in [0.5, 0.6) is 0 Å². The average molecular weight is 218 g/mol. The van der Waals surface area contributed by atoms with Gasteiger partial charge in [0.2, 0.25) is 5.91 Å². The first kappa shape index (κ1) is 11.1. The lowest BCUT2D eigenvalue weighted by atomic mass is 9.96. The van der Waals surface area contributed by atoms with Gasteiger partial charge in [-0.25, -0.2) is 0 Å². The molecule has 1 aliphatic rings. The molecular formula is C13H18N2O. The first-order chi connectivity index (χ1) is 7.57. The number of carbonyl (C=O) groups excluding carboxylic acids is 1. The van der Waals surface area contributed by atoms with E-state index in [1.54, 1.807) is 0 Å². The zero-order valence-corrected chi connectivity index (χ0v) is 9.79. The maximum atomic E-state index is 11.7. The smallest absolute Gasteiger partial charge is 0.237 e. The van der Waals surface area contributed by atoms with E-state index in [2.05, 4.69) is 36.6 Å². The molecule has 1 unspecified atom stereocenters. The topological polar surface area (TPSA) is 41.1 Å². The van der Waals surface area contributed by atoms with E-state index in [0.717, 1.165) is 6.42 Å². The third-order valence-corrected chi connectivity index (χ3v) is 2.87. The van der Waals surface area contributed by atoms with Crippen LogP contribution in [0, 0.1) is 0 Å². The Kier molecular flexibility index (Phi) is 2.97. The van der Waals surface area contributed by atoms with Gasteiger partial charge < -0.3 is 5.32 Å². The van der Waals surface area contributed by atoms with Crippen molar-refractivity contribution in [1.82, 2.24) is 10.6 Å². The van der Waals surface area contributed by atoms with Crippen LogP contribution in [0.3, 0.4) is 0 Å². The molecule has 0 radical (unpaired) electrons. The molecule has 1 heterocycles. The molecule has 0 aromatic heterocycles. The van der Waals surface area contributed by atoms with E-state index in [4.69, 9.17) is 0 Å². The van der Waals surface area contributed by atoms with Gasteiger partial charge in [0.25, 0.3) is 0 Å². The Balaban J connectivity index is 2.06. The van der Waals surface area contributed by atoms with Crippen LogP contribution < -0.4 is 10.6 Å². The average Bonchev–Trinajstić information content (AvgIpc) is 2.25. The molecular weight excluding hydrogens is 200 g/mol. The van der Waals surface area contributed by atoms with Gasteiger partial charge in [-0.2, -0.15) is 0 Å².